The summed E-state index contributed by atoms with van der Waals surface area (Å²) in [7, 11) is 0. The molecule has 4 rings (SSSR count). The van der Waals surface area contributed by atoms with E-state index in [9.17, 15) is 4.79 Å². The summed E-state index contributed by atoms with van der Waals surface area (Å²) in [4.78, 5) is 15.2. The van der Waals surface area contributed by atoms with E-state index < -0.39 is 0 Å². The summed E-state index contributed by atoms with van der Waals surface area (Å²) in [6, 6.07) is 19.1. The van der Waals surface area contributed by atoms with Crippen molar-refractivity contribution in [3.8, 4) is 0 Å². The minimum atomic E-state index is 0. The molecule has 2 aromatic rings. The molecule has 26 heavy (non-hydrogen) atoms. The lowest BCUT2D eigenvalue weighted by Crippen LogP contribution is -2.40. The van der Waals surface area contributed by atoms with Crippen LogP contribution in [0.5, 0.6) is 0 Å². The molecule has 1 N–H and O–H groups in total. The van der Waals surface area contributed by atoms with Crippen LogP contribution in [0.25, 0.3) is 0 Å². The van der Waals surface area contributed by atoms with Gasteiger partial charge in [-0.25, -0.2) is 0 Å². The van der Waals surface area contributed by atoms with E-state index in [0.29, 0.717) is 18.2 Å². The first kappa shape index (κ1) is 18.9. The highest BCUT2D eigenvalue weighted by molar-refractivity contribution is 5.85. The van der Waals surface area contributed by atoms with Crippen molar-refractivity contribution in [3.05, 3.63) is 71.3 Å². The molecule has 2 unspecified atom stereocenters. The molecule has 0 spiro atoms. The van der Waals surface area contributed by atoms with Crippen LogP contribution in [0.2, 0.25) is 0 Å². The number of hydrogen-bond donors (Lipinski definition) is 1. The zero-order chi connectivity index (χ0) is 17.1. The third-order valence-electron chi connectivity index (χ3n) is 5.65. The highest BCUT2D eigenvalue weighted by Gasteiger charge is 2.31. The largest absolute Gasteiger partial charge is 0.331 e. The van der Waals surface area contributed by atoms with E-state index in [1.54, 1.807) is 0 Å². The van der Waals surface area contributed by atoms with Crippen molar-refractivity contribution in [1.29, 1.82) is 0 Å². The monoisotopic (exact) mass is 370 g/mol. The van der Waals surface area contributed by atoms with Crippen molar-refractivity contribution in [3.63, 3.8) is 0 Å². The van der Waals surface area contributed by atoms with Gasteiger partial charge in [0.25, 0.3) is 0 Å². The lowest BCUT2D eigenvalue weighted by molar-refractivity contribution is -0.133. The van der Waals surface area contributed by atoms with E-state index in [4.69, 9.17) is 0 Å². The fourth-order valence-corrected chi connectivity index (χ4v) is 4.26. The van der Waals surface area contributed by atoms with E-state index in [1.165, 1.54) is 23.1 Å². The minimum Gasteiger partial charge on any atom is -0.331 e. The van der Waals surface area contributed by atoms with Crippen molar-refractivity contribution in [2.75, 3.05) is 19.6 Å². The zero-order valence-corrected chi connectivity index (χ0v) is 15.9. The van der Waals surface area contributed by atoms with Crippen molar-refractivity contribution in [1.82, 2.24) is 10.2 Å². The number of amides is 1. The first-order chi connectivity index (χ1) is 12.3. The van der Waals surface area contributed by atoms with Crippen LogP contribution in [-0.4, -0.2) is 30.4 Å². The number of carbonyl (C=O) groups is 1. The summed E-state index contributed by atoms with van der Waals surface area (Å²) < 4.78 is 0. The molecule has 2 aliphatic heterocycles. The van der Waals surface area contributed by atoms with Crippen LogP contribution in [0.4, 0.5) is 0 Å². The Balaban J connectivity index is 0.00000196. The Morgan fingerprint density at radius 1 is 1.08 bits per heavy atom. The van der Waals surface area contributed by atoms with Gasteiger partial charge in [-0.1, -0.05) is 54.6 Å². The van der Waals surface area contributed by atoms with Gasteiger partial charge in [0.1, 0.15) is 0 Å². The first-order valence-corrected chi connectivity index (χ1v) is 9.46. The molecule has 2 aromatic carbocycles. The van der Waals surface area contributed by atoms with Crippen LogP contribution in [-0.2, 0) is 11.2 Å². The molecule has 2 atom stereocenters. The van der Waals surface area contributed by atoms with Crippen LogP contribution in [0.15, 0.2) is 54.6 Å². The van der Waals surface area contributed by atoms with Gasteiger partial charge in [0, 0.05) is 13.0 Å². The van der Waals surface area contributed by atoms with Crippen molar-refractivity contribution in [2.45, 2.75) is 31.7 Å². The van der Waals surface area contributed by atoms with Gasteiger partial charge in [0.2, 0.25) is 5.91 Å². The molecule has 0 saturated carbocycles. The average Bonchev–Trinajstić information content (AvgIpc) is 3.19. The van der Waals surface area contributed by atoms with Gasteiger partial charge < -0.3 is 10.2 Å². The molecular formula is C22H27ClN2O. The maximum absolute atomic E-state index is 13.1. The number of benzene rings is 2. The maximum Gasteiger partial charge on any atom is 0.223 e. The zero-order valence-electron chi connectivity index (χ0n) is 15.1. The average molecular weight is 371 g/mol. The summed E-state index contributed by atoms with van der Waals surface area (Å²) in [6.07, 6.45) is 3.83. The summed E-state index contributed by atoms with van der Waals surface area (Å²) in [5.41, 5.74) is 3.88. The number of rotatable bonds is 4. The molecule has 1 fully saturated rings. The standard InChI is InChI=1S/C22H26N2O.ClH/c25-21(11-10-17-12-14-23-16-17)24-15-13-18-6-4-5-9-20(18)22(24)19-7-2-1-3-8-19;/h1-9,17,22-23H,10-16H2;1H. The summed E-state index contributed by atoms with van der Waals surface area (Å²) >= 11 is 0. The third-order valence-corrected chi connectivity index (χ3v) is 5.65. The fraction of sp³-hybridized carbons (Fsp3) is 0.409. The van der Waals surface area contributed by atoms with Crippen LogP contribution in [0.3, 0.4) is 0 Å². The quantitative estimate of drug-likeness (QED) is 0.883. The van der Waals surface area contributed by atoms with Crippen LogP contribution in [0, 0.1) is 5.92 Å². The van der Waals surface area contributed by atoms with Crippen molar-refractivity contribution in [2.24, 2.45) is 5.92 Å². The molecule has 1 saturated heterocycles. The molecule has 0 aliphatic carbocycles. The Morgan fingerprint density at radius 2 is 1.85 bits per heavy atom. The van der Waals surface area contributed by atoms with Crippen LogP contribution < -0.4 is 5.32 Å². The maximum atomic E-state index is 13.1. The van der Waals surface area contributed by atoms with Gasteiger partial charge in [0.15, 0.2) is 0 Å². The summed E-state index contributed by atoms with van der Waals surface area (Å²) in [5, 5.41) is 3.40. The molecular weight excluding hydrogens is 344 g/mol. The highest BCUT2D eigenvalue weighted by Crippen LogP contribution is 2.35. The van der Waals surface area contributed by atoms with Crippen LogP contribution in [0.1, 0.15) is 42.0 Å². The van der Waals surface area contributed by atoms with Crippen molar-refractivity contribution < 1.29 is 4.79 Å². The number of nitrogens with one attached hydrogen (secondary N) is 1. The lowest BCUT2D eigenvalue weighted by Gasteiger charge is -2.38. The van der Waals surface area contributed by atoms with Crippen molar-refractivity contribution >= 4 is 18.3 Å². The second-order valence-electron chi connectivity index (χ2n) is 7.25. The Morgan fingerprint density at radius 3 is 2.62 bits per heavy atom. The SMILES string of the molecule is Cl.O=C(CCC1CCNC1)N1CCc2ccccc2C1c1ccccc1. The predicted octanol–water partition coefficient (Wildman–Crippen LogP) is 3.97. The van der Waals surface area contributed by atoms with Gasteiger partial charge in [-0.3, -0.25) is 4.79 Å². The molecule has 4 heteroatoms. The number of carbonyl (C=O) groups excluding carboxylic acids is 1. The number of hydrogen-bond acceptors (Lipinski definition) is 2. The Labute approximate surface area is 162 Å². The Hall–Kier alpha value is -1.84. The smallest absolute Gasteiger partial charge is 0.223 e. The molecule has 1 amide bonds. The lowest BCUT2D eigenvalue weighted by atomic mass is 9.87. The predicted molar refractivity (Wildman–Crippen MR) is 108 cm³/mol. The Kier molecular flexibility index (Phi) is 6.33. The fourth-order valence-electron chi connectivity index (χ4n) is 4.26. The highest BCUT2D eigenvalue weighted by atomic mass is 35.5. The van der Waals surface area contributed by atoms with Gasteiger partial charge in [-0.2, -0.15) is 0 Å². The Bertz CT molecular complexity index is 728. The van der Waals surface area contributed by atoms with E-state index in [1.807, 2.05) is 6.07 Å². The van der Waals surface area contributed by atoms with Gasteiger partial charge in [-0.15, -0.1) is 12.4 Å². The molecule has 2 heterocycles. The van der Waals surface area contributed by atoms with Gasteiger partial charge in [-0.05, 0) is 55.0 Å². The van der Waals surface area contributed by atoms with E-state index in [0.717, 1.165) is 32.5 Å². The molecule has 2 aliphatic rings. The summed E-state index contributed by atoms with van der Waals surface area (Å²) in [5.74, 6) is 0.964. The van der Waals surface area contributed by atoms with E-state index in [2.05, 4.69) is 58.7 Å². The first-order valence-electron chi connectivity index (χ1n) is 9.46. The van der Waals surface area contributed by atoms with E-state index in [-0.39, 0.29) is 18.4 Å². The molecule has 0 radical (unpaired) electrons. The second-order valence-corrected chi connectivity index (χ2v) is 7.25. The topological polar surface area (TPSA) is 32.3 Å². The number of halogens is 1. The number of fused-ring (bicyclic) bond motifs is 1. The summed E-state index contributed by atoms with van der Waals surface area (Å²) in [6.45, 7) is 2.99. The third kappa shape index (κ3) is 3.94. The van der Waals surface area contributed by atoms with Crippen LogP contribution >= 0.6 is 12.4 Å². The molecule has 138 valence electrons. The molecule has 0 bridgehead atoms. The second kappa shape index (κ2) is 8.70. The normalized spacial score (nSPS) is 21.8. The number of nitrogens with zero attached hydrogens (tertiary/aromatic N) is 1. The molecule has 3 nitrogen and oxygen atoms in total. The van der Waals surface area contributed by atoms with Gasteiger partial charge >= 0.3 is 0 Å². The van der Waals surface area contributed by atoms with Gasteiger partial charge in [0.05, 0.1) is 6.04 Å². The van der Waals surface area contributed by atoms with E-state index >= 15 is 0 Å². The molecule has 0 aromatic heterocycles. The minimum absolute atomic E-state index is 0.